The Morgan fingerprint density at radius 1 is 1.20 bits per heavy atom. The van der Waals surface area contributed by atoms with E-state index in [-0.39, 0.29) is 0 Å². The summed E-state index contributed by atoms with van der Waals surface area (Å²) in [4.78, 5) is 4.80. The average molecular weight is 272 g/mol. The van der Waals surface area contributed by atoms with Crippen LogP contribution in [0.2, 0.25) is 0 Å². The number of likely N-dealkylation sites (N-methyl/N-ethyl adjacent to an activating group) is 1. The van der Waals surface area contributed by atoms with Crippen LogP contribution in [-0.4, -0.2) is 62.7 Å². The molecule has 0 N–H and O–H groups in total. The molecule has 0 saturated carbocycles. The van der Waals surface area contributed by atoms with Crippen molar-refractivity contribution < 1.29 is 0 Å². The molecule has 1 saturated heterocycles. The summed E-state index contributed by atoms with van der Waals surface area (Å²) in [5.74, 6) is 0.896. The number of benzene rings is 1. The van der Waals surface area contributed by atoms with Crippen molar-refractivity contribution in [1.29, 1.82) is 0 Å². The minimum atomic E-state index is 0.523. The lowest BCUT2D eigenvalue weighted by Crippen LogP contribution is -2.50. The van der Waals surface area contributed by atoms with Crippen LogP contribution >= 0.6 is 0 Å². The zero-order valence-electron chi connectivity index (χ0n) is 12.0. The van der Waals surface area contributed by atoms with Gasteiger partial charge in [-0.2, -0.15) is 4.68 Å². The standard InChI is InChI=1S/C14H20N6/c1-12-10-18(2)8-9-19(12)11-14-15-16-17-20(14)13-6-4-3-5-7-13/h3-7,12H,8-11H2,1-2H3/t12-/m0/s1. The van der Waals surface area contributed by atoms with Gasteiger partial charge in [-0.25, -0.2) is 0 Å². The van der Waals surface area contributed by atoms with E-state index in [1.54, 1.807) is 0 Å². The monoisotopic (exact) mass is 272 g/mol. The first kappa shape index (κ1) is 13.2. The van der Waals surface area contributed by atoms with Gasteiger partial charge in [-0.05, 0) is 36.5 Å². The third kappa shape index (κ3) is 2.71. The van der Waals surface area contributed by atoms with Crippen LogP contribution in [-0.2, 0) is 6.54 Å². The van der Waals surface area contributed by atoms with Crippen molar-refractivity contribution in [2.75, 3.05) is 26.7 Å². The minimum Gasteiger partial charge on any atom is -0.304 e. The molecule has 1 aromatic carbocycles. The first-order valence-electron chi connectivity index (χ1n) is 6.99. The molecule has 2 heterocycles. The van der Waals surface area contributed by atoms with Gasteiger partial charge in [-0.15, -0.1) is 5.10 Å². The molecule has 1 atom stereocenters. The number of piperazine rings is 1. The van der Waals surface area contributed by atoms with Crippen molar-refractivity contribution in [2.45, 2.75) is 19.5 Å². The third-order valence-corrected chi connectivity index (χ3v) is 3.85. The fraction of sp³-hybridized carbons (Fsp3) is 0.500. The highest BCUT2D eigenvalue weighted by Crippen LogP contribution is 2.13. The first-order chi connectivity index (χ1) is 9.74. The van der Waals surface area contributed by atoms with Crippen LogP contribution in [0.15, 0.2) is 30.3 Å². The van der Waals surface area contributed by atoms with E-state index in [4.69, 9.17) is 0 Å². The van der Waals surface area contributed by atoms with Gasteiger partial charge in [0.2, 0.25) is 0 Å². The molecule has 2 aromatic rings. The summed E-state index contributed by atoms with van der Waals surface area (Å²) in [7, 11) is 2.17. The summed E-state index contributed by atoms with van der Waals surface area (Å²) in [6.45, 7) is 6.28. The number of para-hydroxylation sites is 1. The molecular weight excluding hydrogens is 252 g/mol. The second-order valence-corrected chi connectivity index (χ2v) is 5.42. The molecule has 20 heavy (non-hydrogen) atoms. The highest BCUT2D eigenvalue weighted by Gasteiger charge is 2.23. The maximum atomic E-state index is 4.19. The molecular formula is C14H20N6. The van der Waals surface area contributed by atoms with Crippen LogP contribution in [0.25, 0.3) is 5.69 Å². The number of hydrogen-bond acceptors (Lipinski definition) is 5. The smallest absolute Gasteiger partial charge is 0.170 e. The topological polar surface area (TPSA) is 50.1 Å². The van der Waals surface area contributed by atoms with Gasteiger partial charge in [0.05, 0.1) is 12.2 Å². The predicted octanol–water partition coefficient (Wildman–Crippen LogP) is 0.798. The van der Waals surface area contributed by atoms with Crippen LogP contribution in [0.5, 0.6) is 0 Å². The van der Waals surface area contributed by atoms with Crippen LogP contribution < -0.4 is 0 Å². The van der Waals surface area contributed by atoms with Gasteiger partial charge in [0.15, 0.2) is 5.82 Å². The van der Waals surface area contributed by atoms with Gasteiger partial charge in [-0.1, -0.05) is 18.2 Å². The zero-order chi connectivity index (χ0) is 13.9. The molecule has 0 amide bonds. The predicted molar refractivity (Wildman–Crippen MR) is 76.5 cm³/mol. The molecule has 3 rings (SSSR count). The molecule has 106 valence electrons. The van der Waals surface area contributed by atoms with Gasteiger partial charge in [0.1, 0.15) is 0 Å². The number of aromatic nitrogens is 4. The molecule has 0 unspecified atom stereocenters. The van der Waals surface area contributed by atoms with Crippen molar-refractivity contribution in [3.05, 3.63) is 36.2 Å². The summed E-state index contributed by atoms with van der Waals surface area (Å²) in [6.07, 6.45) is 0. The molecule has 6 heteroatoms. The first-order valence-corrected chi connectivity index (χ1v) is 6.99. The molecule has 1 aromatic heterocycles. The van der Waals surface area contributed by atoms with Crippen molar-refractivity contribution >= 4 is 0 Å². The second-order valence-electron chi connectivity index (χ2n) is 5.42. The van der Waals surface area contributed by atoms with Crippen molar-refractivity contribution in [3.8, 4) is 5.69 Å². The molecule has 1 aliphatic rings. The number of rotatable bonds is 3. The summed E-state index contributed by atoms with van der Waals surface area (Å²) in [5.41, 5.74) is 1.01. The molecule has 0 bridgehead atoms. The normalized spacial score (nSPS) is 21.2. The van der Waals surface area contributed by atoms with Crippen LogP contribution in [0.4, 0.5) is 0 Å². The molecule has 0 aliphatic carbocycles. The Hall–Kier alpha value is -1.79. The Kier molecular flexibility index (Phi) is 3.75. The lowest BCUT2D eigenvalue weighted by atomic mass is 10.2. The van der Waals surface area contributed by atoms with Gasteiger partial charge in [0, 0.05) is 25.7 Å². The lowest BCUT2D eigenvalue weighted by Gasteiger charge is -2.37. The average Bonchev–Trinajstić information content (AvgIpc) is 2.91. The fourth-order valence-electron chi connectivity index (χ4n) is 2.67. The molecule has 6 nitrogen and oxygen atoms in total. The van der Waals surface area contributed by atoms with E-state index in [0.29, 0.717) is 6.04 Å². The lowest BCUT2D eigenvalue weighted by molar-refractivity contribution is 0.0908. The quantitative estimate of drug-likeness (QED) is 0.827. The Morgan fingerprint density at radius 2 is 2.00 bits per heavy atom. The van der Waals surface area contributed by atoms with E-state index < -0.39 is 0 Å². The van der Waals surface area contributed by atoms with Gasteiger partial charge >= 0.3 is 0 Å². The third-order valence-electron chi connectivity index (χ3n) is 3.85. The van der Waals surface area contributed by atoms with E-state index in [1.165, 1.54) is 0 Å². The Bertz CT molecular complexity index is 552. The van der Waals surface area contributed by atoms with Gasteiger partial charge in [-0.3, -0.25) is 4.90 Å². The van der Waals surface area contributed by atoms with E-state index in [2.05, 4.69) is 39.3 Å². The molecule has 0 radical (unpaired) electrons. The van der Waals surface area contributed by atoms with E-state index >= 15 is 0 Å². The maximum Gasteiger partial charge on any atom is 0.170 e. The number of nitrogens with zero attached hydrogens (tertiary/aromatic N) is 6. The highest BCUT2D eigenvalue weighted by molar-refractivity contribution is 5.30. The maximum absolute atomic E-state index is 4.19. The number of hydrogen-bond donors (Lipinski definition) is 0. The van der Waals surface area contributed by atoms with Crippen molar-refractivity contribution in [3.63, 3.8) is 0 Å². The minimum absolute atomic E-state index is 0.523. The van der Waals surface area contributed by atoms with Crippen LogP contribution in [0.1, 0.15) is 12.7 Å². The summed E-state index contributed by atoms with van der Waals surface area (Å²) in [5, 5.41) is 12.1. The van der Waals surface area contributed by atoms with Crippen molar-refractivity contribution in [1.82, 2.24) is 30.0 Å². The van der Waals surface area contributed by atoms with E-state index in [9.17, 15) is 0 Å². The fourth-order valence-corrected chi connectivity index (χ4v) is 2.67. The van der Waals surface area contributed by atoms with Crippen molar-refractivity contribution in [2.24, 2.45) is 0 Å². The van der Waals surface area contributed by atoms with Gasteiger partial charge in [0.25, 0.3) is 0 Å². The second kappa shape index (κ2) is 5.68. The Labute approximate surface area is 119 Å². The summed E-state index contributed by atoms with van der Waals surface area (Å²) in [6, 6.07) is 10.6. The van der Waals surface area contributed by atoms with E-state index in [1.807, 2.05) is 35.0 Å². The van der Waals surface area contributed by atoms with Crippen LogP contribution in [0.3, 0.4) is 0 Å². The zero-order valence-corrected chi connectivity index (χ0v) is 12.0. The van der Waals surface area contributed by atoms with Gasteiger partial charge < -0.3 is 4.90 Å². The highest BCUT2D eigenvalue weighted by atomic mass is 15.5. The molecule has 1 aliphatic heterocycles. The largest absolute Gasteiger partial charge is 0.304 e. The number of tetrazole rings is 1. The molecule has 0 spiro atoms. The Balaban J connectivity index is 1.77. The summed E-state index contributed by atoms with van der Waals surface area (Å²) < 4.78 is 1.82. The Morgan fingerprint density at radius 3 is 2.75 bits per heavy atom. The van der Waals surface area contributed by atoms with E-state index in [0.717, 1.165) is 37.7 Å². The van der Waals surface area contributed by atoms with Crippen LogP contribution in [0, 0.1) is 0 Å². The molecule has 1 fully saturated rings. The SMILES string of the molecule is C[C@H]1CN(C)CCN1Cc1nnnn1-c1ccccc1. The summed E-state index contributed by atoms with van der Waals surface area (Å²) >= 11 is 0.